The van der Waals surface area contributed by atoms with E-state index in [9.17, 15) is 0 Å². The SMILES string of the molecule is Cc1c(Cl)coc1-c1ccccc1. The Balaban J connectivity index is 2.53. The van der Waals surface area contributed by atoms with E-state index in [0.29, 0.717) is 5.02 Å². The number of hydrogen-bond acceptors (Lipinski definition) is 1. The summed E-state index contributed by atoms with van der Waals surface area (Å²) in [4.78, 5) is 0. The Labute approximate surface area is 82.0 Å². The zero-order valence-corrected chi connectivity index (χ0v) is 8.01. The molecule has 0 amide bonds. The van der Waals surface area contributed by atoms with Crippen molar-refractivity contribution < 1.29 is 4.42 Å². The van der Waals surface area contributed by atoms with Crippen molar-refractivity contribution in [1.82, 2.24) is 0 Å². The molecule has 0 aliphatic carbocycles. The van der Waals surface area contributed by atoms with Gasteiger partial charge in [0.1, 0.15) is 12.0 Å². The van der Waals surface area contributed by atoms with Gasteiger partial charge < -0.3 is 4.42 Å². The van der Waals surface area contributed by atoms with Gasteiger partial charge in [-0.2, -0.15) is 0 Å². The molecule has 0 radical (unpaired) electrons. The maximum atomic E-state index is 5.89. The van der Waals surface area contributed by atoms with Gasteiger partial charge in [-0.15, -0.1) is 0 Å². The van der Waals surface area contributed by atoms with Gasteiger partial charge in [-0.25, -0.2) is 0 Å². The van der Waals surface area contributed by atoms with Crippen LogP contribution in [0.4, 0.5) is 0 Å². The lowest BCUT2D eigenvalue weighted by molar-refractivity contribution is 0.581. The van der Waals surface area contributed by atoms with Crippen molar-refractivity contribution in [3.05, 3.63) is 47.2 Å². The summed E-state index contributed by atoms with van der Waals surface area (Å²) in [6, 6.07) is 9.93. The van der Waals surface area contributed by atoms with E-state index in [-0.39, 0.29) is 0 Å². The first-order valence-corrected chi connectivity index (χ1v) is 4.46. The van der Waals surface area contributed by atoms with Gasteiger partial charge >= 0.3 is 0 Å². The molecular formula is C11H9ClO. The molecule has 0 N–H and O–H groups in total. The lowest BCUT2D eigenvalue weighted by Crippen LogP contribution is -1.75. The fourth-order valence-electron chi connectivity index (χ4n) is 1.27. The lowest BCUT2D eigenvalue weighted by Gasteiger charge is -1.96. The monoisotopic (exact) mass is 192 g/mol. The second kappa shape index (κ2) is 3.27. The molecular weight excluding hydrogens is 184 g/mol. The Morgan fingerprint density at radius 1 is 1.15 bits per heavy atom. The molecule has 2 aromatic rings. The first-order valence-electron chi connectivity index (χ1n) is 4.08. The highest BCUT2D eigenvalue weighted by molar-refractivity contribution is 6.31. The molecule has 0 spiro atoms. The molecule has 0 fully saturated rings. The highest BCUT2D eigenvalue weighted by Gasteiger charge is 2.08. The van der Waals surface area contributed by atoms with Crippen LogP contribution in [0.5, 0.6) is 0 Å². The van der Waals surface area contributed by atoms with E-state index in [2.05, 4.69) is 0 Å². The molecule has 13 heavy (non-hydrogen) atoms. The fourth-order valence-corrected chi connectivity index (χ4v) is 1.40. The standard InChI is InChI=1S/C11H9ClO/c1-8-10(12)7-13-11(8)9-5-3-2-4-6-9/h2-7H,1H3. The van der Waals surface area contributed by atoms with E-state index in [0.717, 1.165) is 16.9 Å². The van der Waals surface area contributed by atoms with Crippen molar-refractivity contribution >= 4 is 11.6 Å². The van der Waals surface area contributed by atoms with Gasteiger partial charge in [0.05, 0.1) is 5.02 Å². The predicted octanol–water partition coefficient (Wildman–Crippen LogP) is 3.91. The first-order chi connectivity index (χ1) is 6.29. The molecule has 0 saturated carbocycles. The fraction of sp³-hybridized carbons (Fsp3) is 0.0909. The van der Waals surface area contributed by atoms with Crippen molar-refractivity contribution in [2.45, 2.75) is 6.92 Å². The van der Waals surface area contributed by atoms with Crippen LogP contribution in [0.2, 0.25) is 5.02 Å². The minimum absolute atomic E-state index is 0.679. The Bertz CT molecular complexity index is 403. The highest BCUT2D eigenvalue weighted by atomic mass is 35.5. The van der Waals surface area contributed by atoms with Crippen molar-refractivity contribution in [3.63, 3.8) is 0 Å². The third-order valence-corrected chi connectivity index (χ3v) is 2.39. The number of hydrogen-bond donors (Lipinski definition) is 0. The van der Waals surface area contributed by atoms with E-state index in [1.807, 2.05) is 37.3 Å². The van der Waals surface area contributed by atoms with Crippen LogP contribution in [0, 0.1) is 6.92 Å². The van der Waals surface area contributed by atoms with Crippen molar-refractivity contribution in [2.24, 2.45) is 0 Å². The molecule has 2 heteroatoms. The zero-order valence-electron chi connectivity index (χ0n) is 7.25. The smallest absolute Gasteiger partial charge is 0.138 e. The minimum atomic E-state index is 0.679. The number of rotatable bonds is 1. The number of halogens is 1. The maximum Gasteiger partial charge on any atom is 0.138 e. The molecule has 0 atom stereocenters. The predicted molar refractivity (Wildman–Crippen MR) is 53.9 cm³/mol. The lowest BCUT2D eigenvalue weighted by atomic mass is 10.1. The summed E-state index contributed by atoms with van der Waals surface area (Å²) >= 11 is 5.89. The van der Waals surface area contributed by atoms with Crippen LogP contribution in [-0.2, 0) is 0 Å². The molecule has 1 nitrogen and oxygen atoms in total. The molecule has 0 saturated heterocycles. The molecule has 0 aliphatic rings. The van der Waals surface area contributed by atoms with E-state index < -0.39 is 0 Å². The largest absolute Gasteiger partial charge is 0.462 e. The summed E-state index contributed by atoms with van der Waals surface area (Å²) in [5, 5.41) is 0.679. The number of furan rings is 1. The normalized spacial score (nSPS) is 10.3. The van der Waals surface area contributed by atoms with Crippen LogP contribution in [0.3, 0.4) is 0 Å². The van der Waals surface area contributed by atoms with E-state index in [1.54, 1.807) is 6.26 Å². The van der Waals surface area contributed by atoms with E-state index >= 15 is 0 Å². The minimum Gasteiger partial charge on any atom is -0.462 e. The Morgan fingerprint density at radius 2 is 1.85 bits per heavy atom. The summed E-state index contributed by atoms with van der Waals surface area (Å²) in [5.41, 5.74) is 2.06. The number of benzene rings is 1. The maximum absolute atomic E-state index is 5.89. The quantitative estimate of drug-likeness (QED) is 0.668. The second-order valence-electron chi connectivity index (χ2n) is 2.90. The van der Waals surface area contributed by atoms with Crippen LogP contribution >= 0.6 is 11.6 Å². The zero-order chi connectivity index (χ0) is 9.26. The van der Waals surface area contributed by atoms with Gasteiger partial charge in [0, 0.05) is 11.1 Å². The van der Waals surface area contributed by atoms with Crippen molar-refractivity contribution in [1.29, 1.82) is 0 Å². The Hall–Kier alpha value is -1.21. The average molecular weight is 193 g/mol. The van der Waals surface area contributed by atoms with Gasteiger partial charge in [-0.1, -0.05) is 41.9 Å². The van der Waals surface area contributed by atoms with Crippen molar-refractivity contribution in [2.75, 3.05) is 0 Å². The topological polar surface area (TPSA) is 13.1 Å². The summed E-state index contributed by atoms with van der Waals surface area (Å²) in [5.74, 6) is 0.852. The van der Waals surface area contributed by atoms with Crippen LogP contribution in [0.1, 0.15) is 5.56 Å². The van der Waals surface area contributed by atoms with Gasteiger partial charge in [0.15, 0.2) is 0 Å². The van der Waals surface area contributed by atoms with E-state index in [4.69, 9.17) is 16.0 Å². The summed E-state index contributed by atoms with van der Waals surface area (Å²) in [6.45, 7) is 1.95. The molecule has 66 valence electrons. The Kier molecular flexibility index (Phi) is 2.11. The van der Waals surface area contributed by atoms with Gasteiger partial charge in [-0.3, -0.25) is 0 Å². The molecule has 0 aliphatic heterocycles. The summed E-state index contributed by atoms with van der Waals surface area (Å²) in [6.07, 6.45) is 1.57. The summed E-state index contributed by atoms with van der Waals surface area (Å²) in [7, 11) is 0. The van der Waals surface area contributed by atoms with Crippen LogP contribution < -0.4 is 0 Å². The third kappa shape index (κ3) is 1.47. The van der Waals surface area contributed by atoms with Crippen LogP contribution in [-0.4, -0.2) is 0 Å². The molecule has 0 unspecified atom stereocenters. The molecule has 2 rings (SSSR count). The highest BCUT2D eigenvalue weighted by Crippen LogP contribution is 2.29. The Morgan fingerprint density at radius 3 is 2.38 bits per heavy atom. The van der Waals surface area contributed by atoms with Crippen LogP contribution in [0.25, 0.3) is 11.3 Å². The summed E-state index contributed by atoms with van der Waals surface area (Å²) < 4.78 is 5.35. The molecule has 1 heterocycles. The van der Waals surface area contributed by atoms with Gasteiger partial charge in [0.2, 0.25) is 0 Å². The second-order valence-corrected chi connectivity index (χ2v) is 3.31. The molecule has 1 aromatic heterocycles. The molecule has 1 aromatic carbocycles. The molecule has 0 bridgehead atoms. The van der Waals surface area contributed by atoms with Gasteiger partial charge in [0.25, 0.3) is 0 Å². The average Bonchev–Trinajstić information content (AvgIpc) is 2.49. The van der Waals surface area contributed by atoms with E-state index in [1.165, 1.54) is 0 Å². The third-order valence-electron chi connectivity index (χ3n) is 2.02. The first kappa shape index (κ1) is 8.39. The van der Waals surface area contributed by atoms with Crippen LogP contribution in [0.15, 0.2) is 41.0 Å². The van der Waals surface area contributed by atoms with Gasteiger partial charge in [-0.05, 0) is 6.92 Å². The van der Waals surface area contributed by atoms with Crippen molar-refractivity contribution in [3.8, 4) is 11.3 Å².